The van der Waals surface area contributed by atoms with Gasteiger partial charge in [-0.2, -0.15) is 13.2 Å². The summed E-state index contributed by atoms with van der Waals surface area (Å²) >= 11 is 0. The number of amides is 1. The average molecular weight is 509 g/mol. The number of ether oxygens (including phenoxy) is 1. The molecule has 0 aliphatic rings. The molecule has 1 unspecified atom stereocenters. The number of esters is 1. The number of nitrogens with one attached hydrogen (secondary N) is 1. The summed E-state index contributed by atoms with van der Waals surface area (Å²) in [5.74, 6) is -1.81. The topological polar surface area (TPSA) is 86.1 Å². The van der Waals surface area contributed by atoms with Gasteiger partial charge in [-0.15, -0.1) is 5.10 Å². The van der Waals surface area contributed by atoms with Gasteiger partial charge in [-0.3, -0.25) is 4.79 Å². The lowest BCUT2D eigenvalue weighted by molar-refractivity contribution is -0.137. The molecule has 0 aliphatic heterocycles. The number of halogens is 3. The van der Waals surface area contributed by atoms with Crippen molar-refractivity contribution in [3.8, 4) is 17.1 Å². The molecule has 10 heteroatoms. The fraction of sp³-hybridized carbons (Fsp3) is 0.185. The first-order chi connectivity index (χ1) is 17.5. The van der Waals surface area contributed by atoms with Gasteiger partial charge in [0.25, 0.3) is 11.7 Å². The van der Waals surface area contributed by atoms with Crippen LogP contribution in [0.5, 0.6) is 0 Å². The molecular weight excluding hydrogens is 485 g/mol. The van der Waals surface area contributed by atoms with Gasteiger partial charge in [0, 0.05) is 11.3 Å². The lowest BCUT2D eigenvalue weighted by Gasteiger charge is -2.14. The summed E-state index contributed by atoms with van der Waals surface area (Å²) in [4.78, 5) is 29.8. The molecule has 3 aromatic carbocycles. The minimum Gasteiger partial charge on any atom is -0.447 e. The largest absolute Gasteiger partial charge is 0.447 e. The molecule has 4 rings (SSSR count). The van der Waals surface area contributed by atoms with Crippen molar-refractivity contribution in [3.05, 3.63) is 95.3 Å². The Kier molecular flexibility index (Phi) is 7.10. The fourth-order valence-corrected chi connectivity index (χ4v) is 3.54. The lowest BCUT2D eigenvalue weighted by Crippen LogP contribution is -2.30. The number of nitrogens with zero attached hydrogens (tertiary/aromatic N) is 3. The number of hydrogen-bond acceptors (Lipinski definition) is 5. The van der Waals surface area contributed by atoms with Crippen molar-refractivity contribution in [2.75, 3.05) is 5.32 Å². The van der Waals surface area contributed by atoms with E-state index >= 15 is 0 Å². The van der Waals surface area contributed by atoms with Crippen molar-refractivity contribution >= 4 is 17.6 Å². The number of aryl methyl sites for hydroxylation is 2. The van der Waals surface area contributed by atoms with E-state index in [0.717, 1.165) is 27.9 Å². The molecule has 0 radical (unpaired) electrons. The summed E-state index contributed by atoms with van der Waals surface area (Å²) in [5.41, 5.74) is 2.08. The van der Waals surface area contributed by atoms with Gasteiger partial charge >= 0.3 is 12.1 Å². The van der Waals surface area contributed by atoms with Gasteiger partial charge in [0.1, 0.15) is 0 Å². The molecule has 1 aromatic heterocycles. The van der Waals surface area contributed by atoms with Crippen LogP contribution >= 0.6 is 0 Å². The Morgan fingerprint density at radius 1 is 0.973 bits per heavy atom. The Bertz CT molecular complexity index is 1450. The smallest absolute Gasteiger partial charge is 0.416 e. The van der Waals surface area contributed by atoms with Crippen LogP contribution in [-0.2, 0) is 15.7 Å². The molecule has 4 aromatic rings. The van der Waals surface area contributed by atoms with Gasteiger partial charge in [0.2, 0.25) is 0 Å². The van der Waals surface area contributed by atoms with Gasteiger partial charge in [0.05, 0.1) is 11.3 Å². The molecule has 190 valence electrons. The van der Waals surface area contributed by atoms with E-state index in [1.165, 1.54) is 19.1 Å². The summed E-state index contributed by atoms with van der Waals surface area (Å²) < 4.78 is 46.3. The van der Waals surface area contributed by atoms with Crippen molar-refractivity contribution in [1.82, 2.24) is 14.8 Å². The van der Waals surface area contributed by atoms with E-state index in [0.29, 0.717) is 11.3 Å². The number of alkyl halides is 3. The van der Waals surface area contributed by atoms with E-state index in [1.54, 1.807) is 36.4 Å². The maximum atomic E-state index is 13.3. The fourth-order valence-electron chi connectivity index (χ4n) is 3.54. The van der Waals surface area contributed by atoms with Crippen LogP contribution in [0.3, 0.4) is 0 Å². The first-order valence-corrected chi connectivity index (χ1v) is 11.3. The molecule has 37 heavy (non-hydrogen) atoms. The normalized spacial score (nSPS) is 12.2. The Morgan fingerprint density at radius 3 is 2.41 bits per heavy atom. The van der Waals surface area contributed by atoms with E-state index in [4.69, 9.17) is 4.74 Å². The maximum Gasteiger partial charge on any atom is 0.416 e. The highest BCUT2D eigenvalue weighted by Gasteiger charge is 2.31. The SMILES string of the molecule is Cc1ccc(C)c(NC(=O)C(C)OC(=O)c2nc(-c3ccccc3)n(-c3cccc(C(F)(F)F)c3)n2)c1. The van der Waals surface area contributed by atoms with Crippen LogP contribution in [0.1, 0.15) is 34.2 Å². The van der Waals surface area contributed by atoms with E-state index in [2.05, 4.69) is 15.4 Å². The van der Waals surface area contributed by atoms with Gasteiger partial charge in [-0.25, -0.2) is 14.5 Å². The monoisotopic (exact) mass is 508 g/mol. The van der Waals surface area contributed by atoms with Crippen LogP contribution in [-0.4, -0.2) is 32.7 Å². The number of rotatable bonds is 6. The Hall–Kier alpha value is -4.47. The second-order valence-electron chi connectivity index (χ2n) is 8.44. The number of carbonyl (C=O) groups is 2. The summed E-state index contributed by atoms with van der Waals surface area (Å²) in [7, 11) is 0. The first kappa shape index (κ1) is 25.6. The number of hydrogen-bond donors (Lipinski definition) is 1. The Labute approximate surface area is 210 Å². The van der Waals surface area contributed by atoms with Crippen LogP contribution in [0.25, 0.3) is 17.1 Å². The maximum absolute atomic E-state index is 13.3. The molecule has 0 aliphatic carbocycles. The second-order valence-corrected chi connectivity index (χ2v) is 8.44. The summed E-state index contributed by atoms with van der Waals surface area (Å²) in [6.07, 6.45) is -5.75. The third-order valence-corrected chi connectivity index (χ3v) is 5.54. The number of anilines is 1. The number of carbonyl (C=O) groups excluding carboxylic acids is 2. The van der Waals surface area contributed by atoms with Gasteiger partial charge in [-0.1, -0.05) is 48.5 Å². The van der Waals surface area contributed by atoms with E-state index in [1.807, 2.05) is 26.0 Å². The highest BCUT2D eigenvalue weighted by Crippen LogP contribution is 2.31. The van der Waals surface area contributed by atoms with Crippen molar-refractivity contribution in [2.24, 2.45) is 0 Å². The average Bonchev–Trinajstić information content (AvgIpc) is 3.32. The Balaban J connectivity index is 1.62. The van der Waals surface area contributed by atoms with Crippen molar-refractivity contribution in [1.29, 1.82) is 0 Å². The molecule has 7 nitrogen and oxygen atoms in total. The highest BCUT2D eigenvalue weighted by molar-refractivity contribution is 5.97. The summed E-state index contributed by atoms with van der Waals surface area (Å²) in [6, 6.07) is 18.7. The standard InChI is InChI=1S/C27H23F3N4O3/c1-16-12-13-17(2)22(14-16)31-25(35)18(3)37-26(36)23-32-24(19-8-5-4-6-9-19)34(33-23)21-11-7-10-20(15-21)27(28,29)30/h4-15,18H,1-3H3,(H,31,35). The molecule has 0 bridgehead atoms. The van der Waals surface area contributed by atoms with E-state index in [-0.39, 0.29) is 11.5 Å². The zero-order valence-electron chi connectivity index (χ0n) is 20.2. The van der Waals surface area contributed by atoms with Crippen molar-refractivity contribution in [2.45, 2.75) is 33.1 Å². The molecule has 0 spiro atoms. The molecule has 0 fully saturated rings. The van der Waals surface area contributed by atoms with E-state index in [9.17, 15) is 22.8 Å². The zero-order chi connectivity index (χ0) is 26.7. The van der Waals surface area contributed by atoms with Crippen molar-refractivity contribution < 1.29 is 27.5 Å². The molecule has 0 saturated carbocycles. The van der Waals surface area contributed by atoms with Gasteiger partial charge in [-0.05, 0) is 56.2 Å². The second kappa shape index (κ2) is 10.3. The summed E-state index contributed by atoms with van der Waals surface area (Å²) in [6.45, 7) is 5.12. The minimum atomic E-state index is -4.57. The van der Waals surface area contributed by atoms with E-state index < -0.39 is 35.5 Å². The zero-order valence-corrected chi connectivity index (χ0v) is 20.2. The molecule has 0 saturated heterocycles. The van der Waals surface area contributed by atoms with Crippen LogP contribution in [0, 0.1) is 13.8 Å². The van der Waals surface area contributed by atoms with Gasteiger partial charge < -0.3 is 10.1 Å². The summed E-state index contributed by atoms with van der Waals surface area (Å²) in [5, 5.41) is 6.86. The minimum absolute atomic E-state index is 0.0564. The molecule has 1 heterocycles. The number of aromatic nitrogens is 3. The highest BCUT2D eigenvalue weighted by atomic mass is 19.4. The van der Waals surface area contributed by atoms with Crippen LogP contribution in [0.2, 0.25) is 0 Å². The Morgan fingerprint density at radius 2 is 1.70 bits per heavy atom. The predicted molar refractivity (Wildman–Crippen MR) is 131 cm³/mol. The number of benzene rings is 3. The third kappa shape index (κ3) is 5.85. The molecule has 1 N–H and O–H groups in total. The first-order valence-electron chi connectivity index (χ1n) is 11.3. The lowest BCUT2D eigenvalue weighted by atomic mass is 10.1. The third-order valence-electron chi connectivity index (χ3n) is 5.54. The molecular formula is C27H23F3N4O3. The van der Waals surface area contributed by atoms with Crippen LogP contribution < -0.4 is 5.32 Å². The van der Waals surface area contributed by atoms with Gasteiger partial charge in [0.15, 0.2) is 11.9 Å². The quantitative estimate of drug-likeness (QED) is 0.335. The van der Waals surface area contributed by atoms with Crippen molar-refractivity contribution in [3.63, 3.8) is 0 Å². The van der Waals surface area contributed by atoms with Crippen LogP contribution in [0.4, 0.5) is 18.9 Å². The predicted octanol–water partition coefficient (Wildman–Crippen LogP) is 5.75. The molecule has 1 atom stereocenters. The molecule has 1 amide bonds. The van der Waals surface area contributed by atoms with Crippen LogP contribution in [0.15, 0.2) is 72.8 Å².